The summed E-state index contributed by atoms with van der Waals surface area (Å²) in [5, 5.41) is 2.87. The molecule has 0 heterocycles. The molecule has 1 aromatic carbocycles. The van der Waals surface area contributed by atoms with Gasteiger partial charge in [-0.05, 0) is 39.3 Å². The maximum absolute atomic E-state index is 12.1. The summed E-state index contributed by atoms with van der Waals surface area (Å²) in [7, 11) is 0. The molecule has 0 radical (unpaired) electrons. The lowest BCUT2D eigenvalue weighted by Gasteiger charge is -2.26. The average Bonchev–Trinajstić information content (AvgIpc) is 2.39. The van der Waals surface area contributed by atoms with Crippen LogP contribution in [-0.2, 0) is 4.79 Å². The summed E-state index contributed by atoms with van der Waals surface area (Å²) in [6.45, 7) is 7.97. The first-order chi connectivity index (χ1) is 8.88. The van der Waals surface area contributed by atoms with Gasteiger partial charge in [0.1, 0.15) is 6.29 Å². The highest BCUT2D eigenvalue weighted by Crippen LogP contribution is 2.24. The van der Waals surface area contributed by atoms with Gasteiger partial charge in [-0.25, -0.2) is 0 Å². The molecule has 4 heteroatoms. The van der Waals surface area contributed by atoms with Crippen molar-refractivity contribution in [1.29, 1.82) is 0 Å². The number of benzene rings is 1. The molecule has 0 bridgehead atoms. The number of thioether (sulfide) groups is 1. The Kier molecular flexibility index (Phi) is 5.60. The molecule has 0 aliphatic carbocycles. The number of amides is 1. The van der Waals surface area contributed by atoms with Crippen molar-refractivity contribution in [3.8, 4) is 0 Å². The van der Waals surface area contributed by atoms with Crippen molar-refractivity contribution in [2.45, 2.75) is 49.8 Å². The van der Waals surface area contributed by atoms with Crippen LogP contribution in [-0.4, -0.2) is 23.0 Å². The van der Waals surface area contributed by atoms with Gasteiger partial charge in [0.25, 0.3) is 0 Å². The molecule has 0 saturated carbocycles. The number of rotatable bonds is 6. The summed E-state index contributed by atoms with van der Waals surface area (Å²) in [5.41, 5.74) is 0.473. The van der Waals surface area contributed by atoms with Gasteiger partial charge in [0.05, 0.1) is 5.25 Å². The van der Waals surface area contributed by atoms with Crippen LogP contribution in [0.4, 0.5) is 0 Å². The van der Waals surface area contributed by atoms with Crippen molar-refractivity contribution in [3.05, 3.63) is 29.8 Å². The van der Waals surface area contributed by atoms with Crippen LogP contribution < -0.4 is 5.32 Å². The van der Waals surface area contributed by atoms with Crippen molar-refractivity contribution in [3.63, 3.8) is 0 Å². The number of nitrogens with one attached hydrogen (secondary N) is 1. The van der Waals surface area contributed by atoms with E-state index in [1.807, 2.05) is 32.9 Å². The van der Waals surface area contributed by atoms with Gasteiger partial charge in [0, 0.05) is 16.0 Å². The van der Waals surface area contributed by atoms with Crippen LogP contribution >= 0.6 is 11.8 Å². The standard InChI is InChI=1S/C15H21NO2S/c1-5-15(3,4)16-14(18)11(2)19-13-8-6-12(10-17)7-9-13/h6-11H,5H2,1-4H3,(H,16,18). The van der Waals surface area contributed by atoms with E-state index in [-0.39, 0.29) is 16.7 Å². The number of carbonyl (C=O) groups excluding carboxylic acids is 2. The summed E-state index contributed by atoms with van der Waals surface area (Å²) in [6.07, 6.45) is 1.71. The van der Waals surface area contributed by atoms with Crippen molar-refractivity contribution >= 4 is 24.0 Å². The van der Waals surface area contributed by atoms with E-state index in [2.05, 4.69) is 12.2 Å². The lowest BCUT2D eigenvalue weighted by molar-refractivity contribution is -0.121. The summed E-state index contributed by atoms with van der Waals surface area (Å²) < 4.78 is 0. The predicted molar refractivity (Wildman–Crippen MR) is 79.7 cm³/mol. The lowest BCUT2D eigenvalue weighted by atomic mass is 10.0. The van der Waals surface area contributed by atoms with Gasteiger partial charge >= 0.3 is 0 Å². The first kappa shape index (κ1) is 15.8. The monoisotopic (exact) mass is 279 g/mol. The molecule has 1 amide bonds. The van der Waals surface area contributed by atoms with E-state index < -0.39 is 0 Å². The average molecular weight is 279 g/mol. The van der Waals surface area contributed by atoms with Crippen LogP contribution in [0.1, 0.15) is 44.5 Å². The molecule has 1 atom stereocenters. The van der Waals surface area contributed by atoms with E-state index in [1.165, 1.54) is 11.8 Å². The molecule has 1 rings (SSSR count). The molecule has 0 aliphatic rings. The molecule has 0 saturated heterocycles. The second-order valence-corrected chi connectivity index (χ2v) is 6.59. The van der Waals surface area contributed by atoms with Crippen molar-refractivity contribution in [2.75, 3.05) is 0 Å². The molecule has 1 aromatic rings. The predicted octanol–water partition coefficient (Wildman–Crippen LogP) is 3.28. The van der Waals surface area contributed by atoms with Crippen LogP contribution in [0.3, 0.4) is 0 Å². The fourth-order valence-corrected chi connectivity index (χ4v) is 2.27. The Morgan fingerprint density at radius 2 is 1.95 bits per heavy atom. The second-order valence-electron chi connectivity index (χ2n) is 5.17. The maximum Gasteiger partial charge on any atom is 0.233 e. The molecule has 104 valence electrons. The third-order valence-electron chi connectivity index (χ3n) is 3.04. The zero-order valence-corrected chi connectivity index (χ0v) is 12.7. The SMILES string of the molecule is CCC(C)(C)NC(=O)C(C)Sc1ccc(C=O)cc1. The Morgan fingerprint density at radius 3 is 2.42 bits per heavy atom. The minimum Gasteiger partial charge on any atom is -0.350 e. The van der Waals surface area contributed by atoms with E-state index in [9.17, 15) is 9.59 Å². The number of hydrogen-bond acceptors (Lipinski definition) is 3. The molecule has 1 N–H and O–H groups in total. The fraction of sp³-hybridized carbons (Fsp3) is 0.467. The Bertz CT molecular complexity index is 440. The summed E-state index contributed by atoms with van der Waals surface area (Å²) in [4.78, 5) is 23.6. The third kappa shape index (κ3) is 5.07. The first-order valence-corrected chi connectivity index (χ1v) is 7.30. The van der Waals surface area contributed by atoms with E-state index in [0.717, 1.165) is 17.6 Å². The molecule has 0 aromatic heterocycles. The fourth-order valence-electron chi connectivity index (χ4n) is 1.41. The zero-order chi connectivity index (χ0) is 14.5. The van der Waals surface area contributed by atoms with Gasteiger partial charge in [-0.3, -0.25) is 9.59 Å². The molecule has 3 nitrogen and oxygen atoms in total. The van der Waals surface area contributed by atoms with Crippen LogP contribution in [0.25, 0.3) is 0 Å². The summed E-state index contributed by atoms with van der Waals surface area (Å²) in [5.74, 6) is 0.0383. The highest BCUT2D eigenvalue weighted by molar-refractivity contribution is 8.00. The second kappa shape index (κ2) is 6.75. The molecule has 0 aliphatic heterocycles. The minimum atomic E-state index is -0.173. The van der Waals surface area contributed by atoms with Gasteiger partial charge in [-0.1, -0.05) is 19.1 Å². The highest BCUT2D eigenvalue weighted by Gasteiger charge is 2.22. The van der Waals surface area contributed by atoms with E-state index in [1.54, 1.807) is 12.1 Å². The normalized spacial score (nSPS) is 12.8. The third-order valence-corrected chi connectivity index (χ3v) is 4.16. The van der Waals surface area contributed by atoms with Crippen LogP contribution in [0.5, 0.6) is 0 Å². The Hall–Kier alpha value is -1.29. The summed E-state index contributed by atoms with van der Waals surface area (Å²) in [6, 6.07) is 7.25. The van der Waals surface area contributed by atoms with Crippen molar-refractivity contribution in [2.24, 2.45) is 0 Å². The highest BCUT2D eigenvalue weighted by atomic mass is 32.2. The van der Waals surface area contributed by atoms with E-state index in [4.69, 9.17) is 0 Å². The van der Waals surface area contributed by atoms with Crippen LogP contribution in [0.2, 0.25) is 0 Å². The topological polar surface area (TPSA) is 46.2 Å². The smallest absolute Gasteiger partial charge is 0.233 e. The molecule has 0 spiro atoms. The van der Waals surface area contributed by atoms with Crippen LogP contribution in [0.15, 0.2) is 29.2 Å². The minimum absolute atomic E-state index is 0.0383. The molecule has 19 heavy (non-hydrogen) atoms. The number of aldehydes is 1. The number of hydrogen-bond donors (Lipinski definition) is 1. The van der Waals surface area contributed by atoms with Gasteiger partial charge in [0.2, 0.25) is 5.91 Å². The number of carbonyl (C=O) groups is 2. The summed E-state index contributed by atoms with van der Waals surface area (Å²) >= 11 is 1.49. The zero-order valence-electron chi connectivity index (χ0n) is 11.9. The Balaban J connectivity index is 2.60. The van der Waals surface area contributed by atoms with Crippen molar-refractivity contribution < 1.29 is 9.59 Å². The first-order valence-electron chi connectivity index (χ1n) is 6.42. The van der Waals surface area contributed by atoms with E-state index in [0.29, 0.717) is 5.56 Å². The maximum atomic E-state index is 12.1. The molecule has 0 fully saturated rings. The van der Waals surface area contributed by atoms with Gasteiger partial charge < -0.3 is 5.32 Å². The van der Waals surface area contributed by atoms with Gasteiger partial charge in [-0.15, -0.1) is 11.8 Å². The Labute approximate surface area is 119 Å². The molecule has 1 unspecified atom stereocenters. The van der Waals surface area contributed by atoms with Crippen molar-refractivity contribution in [1.82, 2.24) is 5.32 Å². The van der Waals surface area contributed by atoms with Gasteiger partial charge in [-0.2, -0.15) is 0 Å². The quantitative estimate of drug-likeness (QED) is 0.642. The molecular weight excluding hydrogens is 258 g/mol. The van der Waals surface area contributed by atoms with Crippen LogP contribution in [0, 0.1) is 0 Å². The Morgan fingerprint density at radius 1 is 1.37 bits per heavy atom. The largest absolute Gasteiger partial charge is 0.350 e. The lowest BCUT2D eigenvalue weighted by Crippen LogP contribution is -2.46. The molecular formula is C15H21NO2S. The van der Waals surface area contributed by atoms with Gasteiger partial charge in [0.15, 0.2) is 0 Å². The van der Waals surface area contributed by atoms with E-state index >= 15 is 0 Å².